The normalized spacial score (nSPS) is 17.6. The van der Waals surface area contributed by atoms with Gasteiger partial charge in [0.1, 0.15) is 5.54 Å². The number of carboxylic acids is 1. The van der Waals surface area contributed by atoms with Crippen LogP contribution in [0.5, 0.6) is 0 Å². The highest BCUT2D eigenvalue weighted by molar-refractivity contribution is 5.79. The number of nitrogens with one attached hydrogen (secondary N) is 1. The summed E-state index contributed by atoms with van der Waals surface area (Å²) in [6, 6.07) is 8.67. The molecule has 2 N–H and O–H groups in total. The molecule has 0 heterocycles. The number of benzene rings is 1. The quantitative estimate of drug-likeness (QED) is 0.802. The highest BCUT2D eigenvalue weighted by Crippen LogP contribution is 2.24. The van der Waals surface area contributed by atoms with Gasteiger partial charge in [0.25, 0.3) is 0 Å². The number of rotatable bonds is 7. The molecule has 1 atom stereocenters. The van der Waals surface area contributed by atoms with Crippen molar-refractivity contribution in [3.05, 3.63) is 29.8 Å². The molecular formula is C16H24N2O2. The zero-order valence-electron chi connectivity index (χ0n) is 12.5. The lowest BCUT2D eigenvalue weighted by atomic mass is 10.0. The average Bonchev–Trinajstić information content (AvgIpc) is 3.22. The molecule has 0 saturated heterocycles. The Bertz CT molecular complexity index is 468. The molecule has 1 fully saturated rings. The number of anilines is 1. The minimum Gasteiger partial charge on any atom is -0.480 e. The Kier molecular flexibility index (Phi) is 4.33. The van der Waals surface area contributed by atoms with Gasteiger partial charge in [0.2, 0.25) is 0 Å². The molecule has 2 rings (SSSR count). The van der Waals surface area contributed by atoms with Crippen LogP contribution in [-0.4, -0.2) is 36.2 Å². The summed E-state index contributed by atoms with van der Waals surface area (Å²) >= 11 is 0. The van der Waals surface area contributed by atoms with E-state index in [1.54, 1.807) is 6.92 Å². The summed E-state index contributed by atoms with van der Waals surface area (Å²) < 4.78 is 0. The van der Waals surface area contributed by atoms with Gasteiger partial charge in [-0.1, -0.05) is 19.1 Å². The van der Waals surface area contributed by atoms with E-state index in [9.17, 15) is 9.90 Å². The van der Waals surface area contributed by atoms with Gasteiger partial charge in [-0.15, -0.1) is 0 Å². The highest BCUT2D eigenvalue weighted by atomic mass is 16.4. The molecule has 4 heteroatoms. The molecule has 0 spiro atoms. The minimum absolute atomic E-state index is 0.368. The number of aliphatic carboxylic acids is 1. The van der Waals surface area contributed by atoms with Gasteiger partial charge in [-0.25, -0.2) is 0 Å². The summed E-state index contributed by atoms with van der Waals surface area (Å²) in [6.07, 6.45) is 3.18. The first kappa shape index (κ1) is 14.9. The summed E-state index contributed by atoms with van der Waals surface area (Å²) in [4.78, 5) is 13.6. The molecule has 4 nitrogen and oxygen atoms in total. The number of carboxylic acid groups (broad SMARTS) is 1. The molecule has 1 aromatic carbocycles. The average molecular weight is 276 g/mol. The number of hydrogen-bond acceptors (Lipinski definition) is 3. The van der Waals surface area contributed by atoms with Crippen LogP contribution < -0.4 is 10.2 Å². The molecule has 1 aromatic rings. The van der Waals surface area contributed by atoms with E-state index >= 15 is 0 Å². The van der Waals surface area contributed by atoms with Crippen molar-refractivity contribution in [3.8, 4) is 0 Å². The van der Waals surface area contributed by atoms with Crippen LogP contribution >= 0.6 is 0 Å². The van der Waals surface area contributed by atoms with Crippen LogP contribution in [0.15, 0.2) is 24.3 Å². The van der Waals surface area contributed by atoms with Crippen LogP contribution in [0.1, 0.15) is 32.3 Å². The fourth-order valence-corrected chi connectivity index (χ4v) is 2.40. The largest absolute Gasteiger partial charge is 0.480 e. The molecule has 20 heavy (non-hydrogen) atoms. The molecular weight excluding hydrogens is 252 g/mol. The lowest BCUT2D eigenvalue weighted by molar-refractivity contribution is -0.143. The van der Waals surface area contributed by atoms with Crippen molar-refractivity contribution in [1.82, 2.24) is 5.32 Å². The van der Waals surface area contributed by atoms with Gasteiger partial charge in [0, 0.05) is 25.3 Å². The highest BCUT2D eigenvalue weighted by Gasteiger charge is 2.39. The Morgan fingerprint density at radius 3 is 2.45 bits per heavy atom. The summed E-state index contributed by atoms with van der Waals surface area (Å²) in [7, 11) is 1.94. The SMILES string of the molecule is CCc1ccc(N(C)CC(C)(NC2CC2)C(=O)O)cc1. The summed E-state index contributed by atoms with van der Waals surface area (Å²) in [6.45, 7) is 4.34. The lowest BCUT2D eigenvalue weighted by Gasteiger charge is -2.32. The van der Waals surface area contributed by atoms with Gasteiger partial charge in [-0.05, 0) is 43.9 Å². The smallest absolute Gasteiger partial charge is 0.325 e. The fourth-order valence-electron chi connectivity index (χ4n) is 2.40. The summed E-state index contributed by atoms with van der Waals surface area (Å²) in [5.41, 5.74) is 1.44. The molecule has 1 aliphatic rings. The number of nitrogens with zero attached hydrogens (tertiary/aromatic N) is 1. The van der Waals surface area contributed by atoms with Crippen molar-refractivity contribution in [1.29, 1.82) is 0 Å². The Labute approximate surface area is 120 Å². The maximum atomic E-state index is 11.6. The maximum Gasteiger partial charge on any atom is 0.325 e. The van der Waals surface area contributed by atoms with E-state index in [0.29, 0.717) is 12.6 Å². The molecule has 0 amide bonds. The number of hydrogen-bond donors (Lipinski definition) is 2. The van der Waals surface area contributed by atoms with Crippen molar-refractivity contribution < 1.29 is 9.90 Å². The zero-order valence-corrected chi connectivity index (χ0v) is 12.5. The van der Waals surface area contributed by atoms with Gasteiger partial charge in [-0.3, -0.25) is 10.1 Å². The van der Waals surface area contributed by atoms with Crippen LogP contribution in [-0.2, 0) is 11.2 Å². The van der Waals surface area contributed by atoms with E-state index in [0.717, 1.165) is 24.9 Å². The third-order valence-electron chi connectivity index (χ3n) is 3.91. The summed E-state index contributed by atoms with van der Waals surface area (Å²) in [5, 5.41) is 12.7. The Hall–Kier alpha value is -1.55. The molecule has 0 bridgehead atoms. The van der Waals surface area contributed by atoms with E-state index in [-0.39, 0.29) is 0 Å². The van der Waals surface area contributed by atoms with E-state index in [2.05, 4.69) is 36.5 Å². The standard InChI is InChI=1S/C16H24N2O2/c1-4-12-5-9-14(10-6-12)18(3)11-16(2,15(19)20)17-13-7-8-13/h5-6,9-10,13,17H,4,7-8,11H2,1-3H3,(H,19,20). The van der Waals surface area contributed by atoms with E-state index in [1.807, 2.05) is 11.9 Å². The van der Waals surface area contributed by atoms with Crippen LogP contribution in [0, 0.1) is 0 Å². The molecule has 110 valence electrons. The van der Waals surface area contributed by atoms with Gasteiger partial charge >= 0.3 is 5.97 Å². The number of carbonyl (C=O) groups is 1. The van der Waals surface area contributed by atoms with Crippen molar-refractivity contribution in [2.75, 3.05) is 18.5 Å². The summed E-state index contributed by atoms with van der Waals surface area (Å²) in [5.74, 6) is -0.790. The first-order chi connectivity index (χ1) is 9.44. The Morgan fingerprint density at radius 1 is 1.40 bits per heavy atom. The molecule has 0 radical (unpaired) electrons. The number of aryl methyl sites for hydroxylation is 1. The van der Waals surface area contributed by atoms with Gasteiger partial charge in [-0.2, -0.15) is 0 Å². The van der Waals surface area contributed by atoms with E-state index in [1.165, 1.54) is 5.56 Å². The van der Waals surface area contributed by atoms with Gasteiger partial charge < -0.3 is 10.0 Å². The fraction of sp³-hybridized carbons (Fsp3) is 0.562. The van der Waals surface area contributed by atoms with Crippen molar-refractivity contribution in [2.24, 2.45) is 0 Å². The second-order valence-corrected chi connectivity index (χ2v) is 5.93. The minimum atomic E-state index is -0.903. The maximum absolute atomic E-state index is 11.6. The van der Waals surface area contributed by atoms with Crippen LogP contribution in [0.2, 0.25) is 0 Å². The van der Waals surface area contributed by atoms with Crippen molar-refractivity contribution in [3.63, 3.8) is 0 Å². The first-order valence-corrected chi connectivity index (χ1v) is 7.26. The molecule has 0 aliphatic heterocycles. The molecule has 0 aromatic heterocycles. The molecule has 1 unspecified atom stereocenters. The van der Waals surface area contributed by atoms with E-state index < -0.39 is 11.5 Å². The molecule has 1 aliphatic carbocycles. The van der Waals surface area contributed by atoms with Crippen molar-refractivity contribution >= 4 is 11.7 Å². The lowest BCUT2D eigenvalue weighted by Crippen LogP contribution is -2.57. The molecule has 1 saturated carbocycles. The van der Waals surface area contributed by atoms with Crippen molar-refractivity contribution in [2.45, 2.75) is 44.7 Å². The monoisotopic (exact) mass is 276 g/mol. The van der Waals surface area contributed by atoms with Gasteiger partial charge in [0.15, 0.2) is 0 Å². The topological polar surface area (TPSA) is 52.6 Å². The van der Waals surface area contributed by atoms with Crippen LogP contribution in [0.4, 0.5) is 5.69 Å². The third kappa shape index (κ3) is 3.51. The number of likely N-dealkylation sites (N-methyl/N-ethyl adjacent to an activating group) is 1. The van der Waals surface area contributed by atoms with Crippen LogP contribution in [0.25, 0.3) is 0 Å². The Morgan fingerprint density at radius 2 is 2.00 bits per heavy atom. The predicted molar refractivity (Wildman–Crippen MR) is 81.3 cm³/mol. The Balaban J connectivity index is 2.06. The third-order valence-corrected chi connectivity index (χ3v) is 3.91. The van der Waals surface area contributed by atoms with Gasteiger partial charge in [0.05, 0.1) is 0 Å². The second kappa shape index (κ2) is 5.83. The zero-order chi connectivity index (χ0) is 14.8. The first-order valence-electron chi connectivity index (χ1n) is 7.26. The predicted octanol–water partition coefficient (Wildman–Crippen LogP) is 2.28. The van der Waals surface area contributed by atoms with E-state index in [4.69, 9.17) is 0 Å². The van der Waals surface area contributed by atoms with Crippen LogP contribution in [0.3, 0.4) is 0 Å². The second-order valence-electron chi connectivity index (χ2n) is 5.93.